The smallest absolute Gasteiger partial charge is 0.176 e. The molecule has 0 bridgehead atoms. The normalized spacial score (nSPS) is 21.3. The number of methoxy groups -OCH3 is 1. The molecule has 4 heterocycles. The van der Waals surface area contributed by atoms with Crippen LogP contribution in [0.15, 0.2) is 41.4 Å². The van der Waals surface area contributed by atoms with E-state index in [0.717, 1.165) is 77.9 Å². The summed E-state index contributed by atoms with van der Waals surface area (Å²) in [7, 11) is 1.69. The van der Waals surface area contributed by atoms with E-state index >= 15 is 0 Å². The van der Waals surface area contributed by atoms with E-state index in [1.165, 1.54) is 5.69 Å². The Morgan fingerprint density at radius 3 is 2.77 bits per heavy atom. The van der Waals surface area contributed by atoms with Gasteiger partial charge < -0.3 is 25.0 Å². The standard InChI is InChI=1S/C23H26N4O2S/c1-29-22-13-20-23(30-22)21(27-9-6-16(14-27)15-28)12-19(25-20)17-2-4-18(5-3-17)26-10-7-24-8-11-26/h2,4,12-13,16,24,28H,6-11,14-15H2,1H3. The van der Waals surface area contributed by atoms with Crippen LogP contribution in [-0.2, 0) is 0 Å². The van der Waals surface area contributed by atoms with Crippen molar-refractivity contribution in [1.82, 2.24) is 15.2 Å². The third-order valence-electron chi connectivity index (χ3n) is 5.99. The number of fused-ring (bicyclic) bond motifs is 1. The Balaban J connectivity index is 1.56. The van der Waals surface area contributed by atoms with Crippen molar-refractivity contribution in [3.63, 3.8) is 0 Å². The van der Waals surface area contributed by atoms with Gasteiger partial charge in [0.15, 0.2) is 5.06 Å². The van der Waals surface area contributed by atoms with Crippen LogP contribution in [0.2, 0.25) is 0 Å². The number of ether oxygens (including phenoxy) is 1. The molecule has 30 heavy (non-hydrogen) atoms. The highest BCUT2D eigenvalue weighted by Gasteiger charge is 2.25. The number of aliphatic hydroxyl groups is 1. The second-order valence-electron chi connectivity index (χ2n) is 7.91. The minimum Gasteiger partial charge on any atom is -0.487 e. The highest BCUT2D eigenvalue weighted by Crippen LogP contribution is 2.40. The quantitative estimate of drug-likeness (QED) is 0.723. The molecular formula is C23H26N4O2S. The summed E-state index contributed by atoms with van der Waals surface area (Å²) >= 11 is 1.63. The van der Waals surface area contributed by atoms with Crippen molar-refractivity contribution in [3.05, 3.63) is 47.1 Å². The molecule has 1 unspecified atom stereocenters. The van der Waals surface area contributed by atoms with Crippen LogP contribution in [0.4, 0.5) is 5.69 Å². The predicted molar refractivity (Wildman–Crippen MR) is 121 cm³/mol. The van der Waals surface area contributed by atoms with E-state index in [-0.39, 0.29) is 6.61 Å². The molecule has 2 fully saturated rings. The lowest BCUT2D eigenvalue weighted by Gasteiger charge is -2.29. The van der Waals surface area contributed by atoms with Crippen LogP contribution in [0.25, 0.3) is 15.8 Å². The van der Waals surface area contributed by atoms with Gasteiger partial charge in [0.2, 0.25) is 0 Å². The first-order valence-corrected chi connectivity index (χ1v) is 11.3. The molecule has 5 rings (SSSR count). The van der Waals surface area contributed by atoms with Crippen molar-refractivity contribution in [2.24, 2.45) is 5.92 Å². The maximum Gasteiger partial charge on any atom is 0.176 e. The van der Waals surface area contributed by atoms with E-state index in [0.29, 0.717) is 5.92 Å². The fourth-order valence-corrected chi connectivity index (χ4v) is 5.23. The monoisotopic (exact) mass is 422 g/mol. The van der Waals surface area contributed by atoms with Gasteiger partial charge in [-0.05, 0) is 30.4 Å². The van der Waals surface area contributed by atoms with Gasteiger partial charge in [0, 0.05) is 57.9 Å². The molecule has 7 heteroatoms. The lowest BCUT2D eigenvalue weighted by Crippen LogP contribution is -2.42. The molecule has 0 aromatic carbocycles. The molecule has 0 saturated carbocycles. The van der Waals surface area contributed by atoms with E-state index < -0.39 is 0 Å². The van der Waals surface area contributed by atoms with E-state index in [1.807, 2.05) is 6.07 Å². The number of rotatable bonds is 5. The van der Waals surface area contributed by atoms with E-state index in [2.05, 4.69) is 44.8 Å². The number of aromatic nitrogens is 1. The Labute approximate surface area is 180 Å². The Bertz CT molecular complexity index is 1090. The van der Waals surface area contributed by atoms with Crippen LogP contribution in [-0.4, -0.2) is 68.0 Å². The highest BCUT2D eigenvalue weighted by molar-refractivity contribution is 7.21. The van der Waals surface area contributed by atoms with E-state index in [4.69, 9.17) is 9.72 Å². The molecule has 0 amide bonds. The minimum atomic E-state index is 0.238. The van der Waals surface area contributed by atoms with Crippen molar-refractivity contribution in [2.45, 2.75) is 6.42 Å². The van der Waals surface area contributed by atoms with Gasteiger partial charge in [-0.25, -0.2) is 4.98 Å². The second-order valence-corrected chi connectivity index (χ2v) is 8.93. The number of allylic oxidation sites excluding steroid dienone is 3. The number of hydrogen-bond acceptors (Lipinski definition) is 7. The molecule has 2 aliphatic heterocycles. The molecule has 0 radical (unpaired) electrons. The topological polar surface area (TPSA) is 60.9 Å². The van der Waals surface area contributed by atoms with Crippen LogP contribution >= 0.6 is 11.3 Å². The molecule has 2 saturated heterocycles. The molecule has 6 nitrogen and oxygen atoms in total. The Kier molecular flexibility index (Phi) is 5.38. The Morgan fingerprint density at radius 1 is 1.20 bits per heavy atom. The SMILES string of the molecule is COc1cc2nc(C3=C=C=C(N4CCNCC4)C=C3)cc(N3CCC(CO)C3)c2s1. The largest absolute Gasteiger partial charge is 0.487 e. The number of nitrogens with zero attached hydrogens (tertiary/aromatic N) is 3. The summed E-state index contributed by atoms with van der Waals surface area (Å²) in [5, 5.41) is 13.8. The molecule has 1 atom stereocenters. The first-order chi connectivity index (χ1) is 14.7. The lowest BCUT2D eigenvalue weighted by molar-refractivity contribution is 0.238. The van der Waals surface area contributed by atoms with Gasteiger partial charge in [-0.3, -0.25) is 0 Å². The van der Waals surface area contributed by atoms with E-state index in [9.17, 15) is 5.11 Å². The molecule has 1 aliphatic carbocycles. The number of piperazine rings is 1. The summed E-state index contributed by atoms with van der Waals surface area (Å²) in [6.07, 6.45) is 5.22. The van der Waals surface area contributed by atoms with Crippen LogP contribution in [0, 0.1) is 5.92 Å². The molecule has 2 aromatic rings. The van der Waals surface area contributed by atoms with Gasteiger partial charge in [0.25, 0.3) is 0 Å². The zero-order valence-electron chi connectivity index (χ0n) is 17.1. The molecule has 0 spiro atoms. The van der Waals surface area contributed by atoms with Gasteiger partial charge in [-0.1, -0.05) is 17.1 Å². The summed E-state index contributed by atoms with van der Waals surface area (Å²) in [5.74, 6) is 0.330. The first kappa shape index (κ1) is 19.4. The second kappa shape index (κ2) is 8.31. The lowest BCUT2D eigenvalue weighted by atomic mass is 10.1. The third kappa shape index (κ3) is 3.67. The van der Waals surface area contributed by atoms with Crippen molar-refractivity contribution >= 4 is 32.8 Å². The predicted octanol–water partition coefficient (Wildman–Crippen LogP) is 2.62. The minimum absolute atomic E-state index is 0.238. The maximum absolute atomic E-state index is 9.58. The van der Waals surface area contributed by atoms with Gasteiger partial charge >= 0.3 is 0 Å². The highest BCUT2D eigenvalue weighted by atomic mass is 32.1. The average Bonchev–Trinajstić information content (AvgIpc) is 3.46. The maximum atomic E-state index is 9.58. The van der Waals surface area contributed by atoms with Crippen LogP contribution in [0.5, 0.6) is 5.06 Å². The molecular weight excluding hydrogens is 396 g/mol. The number of aliphatic hydroxyl groups excluding tert-OH is 1. The van der Waals surface area contributed by atoms with Gasteiger partial charge in [-0.2, -0.15) is 0 Å². The summed E-state index contributed by atoms with van der Waals surface area (Å²) in [6, 6.07) is 4.16. The zero-order valence-corrected chi connectivity index (χ0v) is 18.0. The zero-order chi connectivity index (χ0) is 20.5. The van der Waals surface area contributed by atoms with E-state index in [1.54, 1.807) is 18.4 Å². The fraction of sp³-hybridized carbons (Fsp3) is 0.435. The van der Waals surface area contributed by atoms with Crippen molar-refractivity contribution in [1.29, 1.82) is 0 Å². The Hall–Kier alpha value is -2.53. The summed E-state index contributed by atoms with van der Waals surface area (Å²) < 4.78 is 6.62. The number of nitrogens with one attached hydrogen (secondary N) is 1. The van der Waals surface area contributed by atoms with Crippen LogP contribution < -0.4 is 15.0 Å². The number of hydrogen-bond donors (Lipinski definition) is 2. The van der Waals surface area contributed by atoms with Crippen LogP contribution in [0.3, 0.4) is 0 Å². The fourth-order valence-electron chi connectivity index (χ4n) is 4.27. The van der Waals surface area contributed by atoms with Gasteiger partial charge in [-0.15, -0.1) is 0 Å². The summed E-state index contributed by atoms with van der Waals surface area (Å²) in [4.78, 5) is 9.61. The van der Waals surface area contributed by atoms with Gasteiger partial charge in [0.05, 0.1) is 40.0 Å². The molecule has 2 N–H and O–H groups in total. The molecule has 156 valence electrons. The summed E-state index contributed by atoms with van der Waals surface area (Å²) in [6.45, 7) is 6.04. The van der Waals surface area contributed by atoms with Crippen LogP contribution in [0.1, 0.15) is 12.1 Å². The number of anilines is 1. The van der Waals surface area contributed by atoms with Crippen molar-refractivity contribution < 1.29 is 9.84 Å². The number of thiophene rings is 1. The first-order valence-electron chi connectivity index (χ1n) is 10.5. The molecule has 3 aliphatic rings. The average molecular weight is 423 g/mol. The van der Waals surface area contributed by atoms with Crippen molar-refractivity contribution in [2.75, 3.05) is 57.9 Å². The number of pyridine rings is 1. The third-order valence-corrected chi connectivity index (χ3v) is 7.10. The van der Waals surface area contributed by atoms with Crippen molar-refractivity contribution in [3.8, 4) is 5.06 Å². The Morgan fingerprint density at radius 2 is 2.07 bits per heavy atom. The van der Waals surface area contributed by atoms with Gasteiger partial charge in [0.1, 0.15) is 0 Å². The summed E-state index contributed by atoms with van der Waals surface area (Å²) in [5.41, 5.74) is 11.7. The molecule has 2 aromatic heterocycles.